The van der Waals surface area contributed by atoms with Crippen LogP contribution < -0.4 is 5.32 Å². The Labute approximate surface area is 123 Å². The van der Waals surface area contributed by atoms with Crippen molar-refractivity contribution in [1.82, 2.24) is 0 Å². The normalized spacial score (nSPS) is 12.7. The van der Waals surface area contributed by atoms with Gasteiger partial charge in [-0.2, -0.15) is 0 Å². The molecule has 0 bridgehead atoms. The van der Waals surface area contributed by atoms with Crippen molar-refractivity contribution in [2.24, 2.45) is 5.92 Å². The Morgan fingerprint density at radius 1 is 1.25 bits per heavy atom. The van der Waals surface area contributed by atoms with Crippen LogP contribution in [0.1, 0.15) is 37.8 Å². The van der Waals surface area contributed by atoms with Crippen molar-refractivity contribution in [2.75, 3.05) is 25.1 Å². The van der Waals surface area contributed by atoms with Crippen molar-refractivity contribution < 1.29 is 9.84 Å². The predicted molar refractivity (Wildman–Crippen MR) is 85.3 cm³/mol. The molecule has 0 saturated heterocycles. The Morgan fingerprint density at radius 3 is 2.65 bits per heavy atom. The maximum atomic E-state index is 9.88. The summed E-state index contributed by atoms with van der Waals surface area (Å²) in [6.07, 6.45) is 1.78. The minimum absolute atomic E-state index is 0.399. The van der Waals surface area contributed by atoms with Crippen molar-refractivity contribution in [3.63, 3.8) is 0 Å². The Kier molecular flexibility index (Phi) is 7.63. The van der Waals surface area contributed by atoms with Crippen LogP contribution in [-0.2, 0) is 4.74 Å². The third kappa shape index (κ3) is 6.92. The summed E-state index contributed by atoms with van der Waals surface area (Å²) in [6, 6.07) is 6.27. The first-order chi connectivity index (χ1) is 9.49. The largest absolute Gasteiger partial charge is 0.389 e. The van der Waals surface area contributed by atoms with Crippen LogP contribution in [0.15, 0.2) is 18.2 Å². The summed E-state index contributed by atoms with van der Waals surface area (Å²) in [5.41, 5.74) is 3.53. The van der Waals surface area contributed by atoms with Gasteiger partial charge in [0.2, 0.25) is 0 Å². The van der Waals surface area contributed by atoms with E-state index in [0.29, 0.717) is 13.2 Å². The van der Waals surface area contributed by atoms with Crippen LogP contribution in [0.3, 0.4) is 0 Å². The molecule has 3 nitrogen and oxygen atoms in total. The molecule has 3 heteroatoms. The molecule has 0 spiro atoms. The molecule has 0 fully saturated rings. The fourth-order valence-corrected chi connectivity index (χ4v) is 2.11. The summed E-state index contributed by atoms with van der Waals surface area (Å²) in [6.45, 7) is 10.2. The predicted octanol–water partition coefficient (Wildman–Crippen LogP) is 3.53. The second-order valence-electron chi connectivity index (χ2n) is 5.96. The first-order valence-electron chi connectivity index (χ1n) is 7.56. The van der Waals surface area contributed by atoms with Gasteiger partial charge in [-0.1, -0.05) is 31.5 Å². The number of benzene rings is 1. The van der Waals surface area contributed by atoms with E-state index in [1.807, 2.05) is 0 Å². The van der Waals surface area contributed by atoms with Gasteiger partial charge in [-0.05, 0) is 44.2 Å². The zero-order valence-electron chi connectivity index (χ0n) is 13.3. The molecule has 0 aromatic heterocycles. The number of rotatable bonds is 9. The fourth-order valence-electron chi connectivity index (χ4n) is 2.11. The first kappa shape index (κ1) is 17.0. The van der Waals surface area contributed by atoms with Gasteiger partial charge in [-0.25, -0.2) is 0 Å². The lowest BCUT2D eigenvalue weighted by Gasteiger charge is -2.15. The molecule has 1 aromatic carbocycles. The number of anilines is 1. The van der Waals surface area contributed by atoms with Crippen molar-refractivity contribution >= 4 is 5.69 Å². The molecular weight excluding hydrogens is 250 g/mol. The van der Waals surface area contributed by atoms with E-state index in [4.69, 9.17) is 4.74 Å². The maximum Gasteiger partial charge on any atom is 0.0945 e. The van der Waals surface area contributed by atoms with Gasteiger partial charge in [0.1, 0.15) is 0 Å². The number of aliphatic hydroxyl groups excluding tert-OH is 1. The van der Waals surface area contributed by atoms with Gasteiger partial charge in [-0.15, -0.1) is 0 Å². The average molecular weight is 279 g/mol. The van der Waals surface area contributed by atoms with Crippen molar-refractivity contribution in [3.8, 4) is 0 Å². The monoisotopic (exact) mass is 279 g/mol. The molecule has 1 rings (SSSR count). The molecule has 0 radical (unpaired) electrons. The minimum Gasteiger partial charge on any atom is -0.389 e. The van der Waals surface area contributed by atoms with Gasteiger partial charge in [0.05, 0.1) is 12.7 Å². The summed E-state index contributed by atoms with van der Waals surface area (Å²) < 4.78 is 5.49. The van der Waals surface area contributed by atoms with Crippen LogP contribution in [-0.4, -0.2) is 31.0 Å². The number of hydrogen-bond acceptors (Lipinski definition) is 3. The van der Waals surface area contributed by atoms with Crippen LogP contribution in [0, 0.1) is 19.8 Å². The lowest BCUT2D eigenvalue weighted by molar-refractivity contribution is 0.0409. The number of hydrogen-bond donors (Lipinski definition) is 2. The molecule has 0 aliphatic carbocycles. The van der Waals surface area contributed by atoms with Gasteiger partial charge in [0.15, 0.2) is 0 Å². The number of ether oxygens (including phenoxy) is 1. The van der Waals surface area contributed by atoms with E-state index in [9.17, 15) is 5.11 Å². The van der Waals surface area contributed by atoms with Gasteiger partial charge in [0.25, 0.3) is 0 Å². The first-order valence-corrected chi connectivity index (χ1v) is 7.56. The van der Waals surface area contributed by atoms with E-state index >= 15 is 0 Å². The van der Waals surface area contributed by atoms with E-state index < -0.39 is 6.10 Å². The fraction of sp³-hybridized carbons (Fsp3) is 0.647. The van der Waals surface area contributed by atoms with Crippen LogP contribution in [0.2, 0.25) is 0 Å². The van der Waals surface area contributed by atoms with Gasteiger partial charge in [-0.3, -0.25) is 0 Å². The Bertz CT molecular complexity index is 391. The molecule has 1 aromatic rings. The molecule has 1 unspecified atom stereocenters. The van der Waals surface area contributed by atoms with E-state index in [1.165, 1.54) is 17.5 Å². The van der Waals surface area contributed by atoms with E-state index in [2.05, 4.69) is 51.2 Å². The van der Waals surface area contributed by atoms with E-state index in [1.54, 1.807) is 0 Å². The summed E-state index contributed by atoms with van der Waals surface area (Å²) in [4.78, 5) is 0. The zero-order chi connectivity index (χ0) is 15.0. The topological polar surface area (TPSA) is 41.5 Å². The highest BCUT2D eigenvalue weighted by Crippen LogP contribution is 2.15. The summed E-state index contributed by atoms with van der Waals surface area (Å²) in [7, 11) is 0. The Morgan fingerprint density at radius 2 is 2.00 bits per heavy atom. The number of nitrogens with one attached hydrogen (secondary N) is 1. The molecule has 20 heavy (non-hydrogen) atoms. The Balaban J connectivity index is 2.18. The molecule has 114 valence electrons. The highest BCUT2D eigenvalue weighted by Gasteiger charge is 2.05. The van der Waals surface area contributed by atoms with Crippen LogP contribution in [0.4, 0.5) is 5.69 Å². The molecule has 2 N–H and O–H groups in total. The van der Waals surface area contributed by atoms with Crippen molar-refractivity contribution in [2.45, 2.75) is 46.6 Å². The summed E-state index contributed by atoms with van der Waals surface area (Å²) in [5, 5.41) is 13.1. The second-order valence-corrected chi connectivity index (χ2v) is 5.96. The highest BCUT2D eigenvalue weighted by atomic mass is 16.5. The highest BCUT2D eigenvalue weighted by molar-refractivity contribution is 5.51. The van der Waals surface area contributed by atoms with E-state index in [-0.39, 0.29) is 0 Å². The molecular formula is C17H29NO2. The summed E-state index contributed by atoms with van der Waals surface area (Å²) >= 11 is 0. The van der Waals surface area contributed by atoms with Gasteiger partial charge < -0.3 is 15.2 Å². The molecule has 0 amide bonds. The molecule has 0 aliphatic heterocycles. The standard InChI is InChI=1S/C17H29NO2/c1-13(2)6-5-9-20-12-16(19)11-18-17-8-7-14(3)10-15(17)4/h7-8,10,13,16,18-19H,5-6,9,11-12H2,1-4H3. The van der Waals surface area contributed by atoms with Gasteiger partial charge >= 0.3 is 0 Å². The zero-order valence-corrected chi connectivity index (χ0v) is 13.3. The van der Waals surface area contributed by atoms with Gasteiger partial charge in [0, 0.05) is 18.8 Å². The SMILES string of the molecule is Cc1ccc(NCC(O)COCCCC(C)C)c(C)c1. The minimum atomic E-state index is -0.463. The average Bonchev–Trinajstić information content (AvgIpc) is 2.37. The van der Waals surface area contributed by atoms with Crippen LogP contribution in [0.5, 0.6) is 0 Å². The van der Waals surface area contributed by atoms with Crippen LogP contribution >= 0.6 is 0 Å². The molecule has 0 saturated carbocycles. The number of aliphatic hydroxyl groups is 1. The lowest BCUT2D eigenvalue weighted by atomic mass is 10.1. The Hall–Kier alpha value is -1.06. The summed E-state index contributed by atoms with van der Waals surface area (Å²) in [5.74, 6) is 0.717. The number of aryl methyl sites for hydroxylation is 2. The third-order valence-electron chi connectivity index (χ3n) is 3.29. The van der Waals surface area contributed by atoms with Crippen molar-refractivity contribution in [3.05, 3.63) is 29.3 Å². The maximum absolute atomic E-state index is 9.88. The quantitative estimate of drug-likeness (QED) is 0.679. The molecule has 1 atom stereocenters. The van der Waals surface area contributed by atoms with Crippen molar-refractivity contribution in [1.29, 1.82) is 0 Å². The van der Waals surface area contributed by atoms with E-state index in [0.717, 1.165) is 24.6 Å². The molecule has 0 heterocycles. The van der Waals surface area contributed by atoms with Crippen LogP contribution in [0.25, 0.3) is 0 Å². The smallest absolute Gasteiger partial charge is 0.0945 e. The third-order valence-corrected chi connectivity index (χ3v) is 3.29. The molecule has 0 aliphatic rings. The lowest BCUT2D eigenvalue weighted by Crippen LogP contribution is -2.25. The second kappa shape index (κ2) is 8.98.